The number of para-hydroxylation sites is 2. The first kappa shape index (κ1) is 65.0. The van der Waals surface area contributed by atoms with Crippen molar-refractivity contribution in [2.45, 2.75) is 53.4 Å². The summed E-state index contributed by atoms with van der Waals surface area (Å²) in [4.78, 5) is 32.3. The summed E-state index contributed by atoms with van der Waals surface area (Å²) in [5.74, 6) is 5.06. The number of hydrogen-bond acceptors (Lipinski definition) is 14. The van der Waals surface area contributed by atoms with Gasteiger partial charge < -0.3 is 61.0 Å². The molecule has 0 aliphatic rings. The van der Waals surface area contributed by atoms with Crippen LogP contribution in [0.3, 0.4) is 0 Å². The molecule has 14 aromatic rings. The molecule has 0 aliphatic carbocycles. The Hall–Kier alpha value is -11.0. The predicted octanol–water partition coefficient (Wildman–Crippen LogP) is 13.1. The summed E-state index contributed by atoms with van der Waals surface area (Å²) >= 11 is 0. The van der Waals surface area contributed by atoms with E-state index in [1.54, 1.807) is 38.5 Å². The maximum Gasteiger partial charge on any atom is 1.00 e. The minimum absolute atomic E-state index is 0. The molecule has 0 aliphatic heterocycles. The van der Waals surface area contributed by atoms with Gasteiger partial charge in [-0.25, -0.2) is 14.8 Å². The van der Waals surface area contributed by atoms with Crippen LogP contribution >= 0.6 is 0 Å². The molecule has 17 heteroatoms. The van der Waals surface area contributed by atoms with E-state index in [4.69, 9.17) is 42.0 Å². The number of aromatic carboxylic acids is 1. The number of nitrogens with zero attached hydrogens (tertiary/aromatic N) is 4. The number of rotatable bonds is 22. The molecule has 4 heterocycles. The molecule has 0 atom stereocenters. The summed E-state index contributed by atoms with van der Waals surface area (Å²) in [6.07, 6.45) is 0. The molecule has 0 radical (unpaired) electrons. The maximum atomic E-state index is 11.8. The molecule has 4 aromatic heterocycles. The van der Waals surface area contributed by atoms with Gasteiger partial charge in [-0.1, -0.05) is 133 Å². The number of ether oxygens (including phenoxy) is 7. The maximum absolute atomic E-state index is 11.8. The SMILES string of the molecule is COC(=O)c1ccc(COc2cccc3c2c2ccccc2n3Cc2ccc(OCc3nc(-c4ccccc4)oc3C)c(OC)c2)cc1.COc1cc(Cn2c3ccccc3c3c(OCc4ccc(C(=O)[O-])cc4)cccc32)ccc1OCc1nc(-c2ccccc2)oc1C.[Na+]. The molecule has 16 nitrogen and oxygen atoms in total. The smallest absolute Gasteiger partial charge is 0.545 e. The molecule has 0 N–H and O–H groups in total. The van der Waals surface area contributed by atoms with Crippen molar-refractivity contribution in [1.82, 2.24) is 19.1 Å². The third-order valence-electron chi connectivity index (χ3n) is 16.6. The molecule has 0 spiro atoms. The Bertz CT molecular complexity index is 5060. The molecule has 0 fully saturated rings. The molecule has 474 valence electrons. The minimum atomic E-state index is -1.20. The fraction of sp³-hybridized carbons (Fsp3) is 0.139. The summed E-state index contributed by atoms with van der Waals surface area (Å²) in [5, 5.41) is 15.4. The van der Waals surface area contributed by atoms with Crippen LogP contribution in [0.4, 0.5) is 0 Å². The van der Waals surface area contributed by atoms with Crippen molar-refractivity contribution in [1.29, 1.82) is 0 Å². The molecule has 0 saturated carbocycles. The average Bonchev–Trinajstić information content (AvgIpc) is 1.60. The molecule has 10 aromatic carbocycles. The van der Waals surface area contributed by atoms with Gasteiger partial charge in [0, 0.05) is 56.8 Å². The van der Waals surface area contributed by atoms with Crippen LogP contribution in [0.2, 0.25) is 0 Å². The predicted molar refractivity (Wildman–Crippen MR) is 362 cm³/mol. The number of carboxylic acids is 1. The second-order valence-corrected chi connectivity index (χ2v) is 22.6. The second-order valence-electron chi connectivity index (χ2n) is 22.6. The Morgan fingerprint density at radius 3 is 1.21 bits per heavy atom. The van der Waals surface area contributed by atoms with Gasteiger partial charge in [0.1, 0.15) is 60.8 Å². The topological polar surface area (TPSA) is 184 Å². The van der Waals surface area contributed by atoms with E-state index in [1.165, 1.54) is 19.2 Å². The number of hydrogen-bond donors (Lipinski definition) is 0. The summed E-state index contributed by atoms with van der Waals surface area (Å²) in [6, 6.07) is 74.2. The van der Waals surface area contributed by atoms with Crippen LogP contribution in [0.15, 0.2) is 239 Å². The average molecular weight is 1290 g/mol. The van der Waals surface area contributed by atoms with Crippen LogP contribution in [-0.4, -0.2) is 52.4 Å². The fourth-order valence-corrected chi connectivity index (χ4v) is 11.7. The van der Waals surface area contributed by atoms with Crippen LogP contribution in [0.1, 0.15) is 65.9 Å². The second kappa shape index (κ2) is 29.5. The number of carbonyl (C=O) groups excluding carboxylic acids is 2. The van der Waals surface area contributed by atoms with Crippen molar-refractivity contribution in [3.63, 3.8) is 0 Å². The zero-order valence-electron chi connectivity index (χ0n) is 53.9. The number of aromatic nitrogens is 4. The summed E-state index contributed by atoms with van der Waals surface area (Å²) in [7, 11) is 4.66. The molecule has 0 bridgehead atoms. The molecular formula is C79H65N4NaO12. The van der Waals surface area contributed by atoms with Gasteiger partial charge in [0.05, 0.1) is 43.9 Å². The van der Waals surface area contributed by atoms with E-state index >= 15 is 0 Å². The standard InChI is InChI=1S/C40H34N2O6.C39H32N2O6.Na/c1-26-32(41-39(48-26)29-10-5-4-6-11-29)25-47-35-21-18-28(22-37(35)44-2)23-42-33-13-8-7-12-31(33)38-34(42)14-9-15-36(38)46-24-27-16-19-30(20-17-27)40(43)45-3;1-25-31(40-38(47-25)28-9-4-3-5-10-28)24-46-34-20-17-27(21-36(34)44-2)22-41-32-12-7-6-11-30(32)37-33(41)13-8-14-35(37)45-23-26-15-18-29(19-16-26)39(42)43;/h4-22H,23-25H2,1-3H3;3-21H,22-24H2,1-2H3,(H,42,43);/q;;+1/p-1. The minimum Gasteiger partial charge on any atom is -0.545 e. The van der Waals surface area contributed by atoms with Crippen molar-refractivity contribution in [2.75, 3.05) is 21.3 Å². The number of carbonyl (C=O) groups is 2. The Balaban J connectivity index is 0.000000182. The van der Waals surface area contributed by atoms with Crippen molar-refractivity contribution in [3.05, 3.63) is 287 Å². The Morgan fingerprint density at radius 2 is 0.792 bits per heavy atom. The van der Waals surface area contributed by atoms with E-state index in [0.29, 0.717) is 72.4 Å². The summed E-state index contributed by atoms with van der Waals surface area (Å²) in [5.41, 5.74) is 12.1. The zero-order chi connectivity index (χ0) is 65.4. The number of benzene rings is 10. The van der Waals surface area contributed by atoms with E-state index in [0.717, 1.165) is 106 Å². The van der Waals surface area contributed by atoms with Crippen molar-refractivity contribution < 1.29 is 86.2 Å². The number of oxazole rings is 2. The van der Waals surface area contributed by atoms with Crippen molar-refractivity contribution >= 4 is 55.6 Å². The summed E-state index contributed by atoms with van der Waals surface area (Å²) < 4.78 is 57.7. The van der Waals surface area contributed by atoms with Gasteiger partial charge in [0.25, 0.3) is 0 Å². The van der Waals surface area contributed by atoms with Gasteiger partial charge in [0.2, 0.25) is 11.8 Å². The number of fused-ring (bicyclic) bond motifs is 6. The van der Waals surface area contributed by atoms with E-state index in [-0.39, 0.29) is 54.3 Å². The van der Waals surface area contributed by atoms with Gasteiger partial charge in [0.15, 0.2) is 23.0 Å². The van der Waals surface area contributed by atoms with Crippen LogP contribution in [-0.2, 0) is 44.3 Å². The van der Waals surface area contributed by atoms with Crippen molar-refractivity contribution in [3.8, 4) is 57.4 Å². The fourth-order valence-electron chi connectivity index (χ4n) is 11.7. The number of aryl methyl sites for hydroxylation is 2. The third-order valence-corrected chi connectivity index (χ3v) is 16.6. The molecule has 14 rings (SSSR count). The van der Waals surface area contributed by atoms with Gasteiger partial charge in [-0.2, -0.15) is 0 Å². The number of methoxy groups -OCH3 is 3. The van der Waals surface area contributed by atoms with E-state index in [9.17, 15) is 14.7 Å². The van der Waals surface area contributed by atoms with Gasteiger partial charge in [-0.05, 0) is 139 Å². The zero-order valence-corrected chi connectivity index (χ0v) is 55.9. The van der Waals surface area contributed by atoms with E-state index in [1.807, 2.05) is 166 Å². The van der Waals surface area contributed by atoms with Crippen molar-refractivity contribution in [2.24, 2.45) is 0 Å². The normalized spacial score (nSPS) is 11.1. The first-order valence-electron chi connectivity index (χ1n) is 30.9. The van der Waals surface area contributed by atoms with Gasteiger partial charge >= 0.3 is 35.5 Å². The summed E-state index contributed by atoms with van der Waals surface area (Å²) in [6.45, 7) is 6.14. The van der Waals surface area contributed by atoms with Crippen LogP contribution in [0, 0.1) is 13.8 Å². The molecule has 0 saturated heterocycles. The quantitative estimate of drug-likeness (QED) is 0.0461. The number of carboxylic acid groups (broad SMARTS) is 1. The molecular weight excluding hydrogens is 1220 g/mol. The molecule has 0 unspecified atom stereocenters. The van der Waals surface area contributed by atoms with E-state index < -0.39 is 5.97 Å². The van der Waals surface area contributed by atoms with Crippen LogP contribution < -0.4 is 63.1 Å². The first-order chi connectivity index (χ1) is 46.5. The first-order valence-corrected chi connectivity index (χ1v) is 30.9. The molecule has 96 heavy (non-hydrogen) atoms. The third kappa shape index (κ3) is 14.1. The van der Waals surface area contributed by atoms with Crippen LogP contribution in [0.5, 0.6) is 34.5 Å². The largest absolute Gasteiger partial charge is 1.00 e. The van der Waals surface area contributed by atoms with Crippen LogP contribution in [0.25, 0.3) is 66.5 Å². The Labute approximate surface area is 576 Å². The van der Waals surface area contributed by atoms with Gasteiger partial charge in [-0.3, -0.25) is 0 Å². The van der Waals surface area contributed by atoms with E-state index in [2.05, 4.69) is 61.6 Å². The Morgan fingerprint density at radius 1 is 0.406 bits per heavy atom. The monoisotopic (exact) mass is 1280 g/mol. The molecule has 0 amide bonds. The van der Waals surface area contributed by atoms with Gasteiger partial charge in [-0.15, -0.1) is 0 Å². The Kier molecular flexibility index (Phi) is 20.0. The number of esters is 1.